The van der Waals surface area contributed by atoms with Gasteiger partial charge in [0.25, 0.3) is 0 Å². The second-order valence-electron chi connectivity index (χ2n) is 2.68. The molecule has 0 bridgehead atoms. The van der Waals surface area contributed by atoms with Gasteiger partial charge in [-0.3, -0.25) is 0 Å². The summed E-state index contributed by atoms with van der Waals surface area (Å²) in [4.78, 5) is 2.13. The summed E-state index contributed by atoms with van der Waals surface area (Å²) < 4.78 is 2.46. The summed E-state index contributed by atoms with van der Waals surface area (Å²) in [5.41, 5.74) is 1.72. The molecule has 0 fully saturated rings. The molecule has 0 N–H and O–H groups in total. The third-order valence-electron chi connectivity index (χ3n) is 1.60. The van der Waals surface area contributed by atoms with Crippen LogP contribution in [0.4, 0.5) is 0 Å². The van der Waals surface area contributed by atoms with Crippen LogP contribution in [0.5, 0.6) is 0 Å². The Morgan fingerprint density at radius 3 is 2.40 bits per heavy atom. The van der Waals surface area contributed by atoms with Crippen LogP contribution in [0.25, 0.3) is 0 Å². The van der Waals surface area contributed by atoms with Crippen molar-refractivity contribution in [2.45, 2.75) is 13.1 Å². The van der Waals surface area contributed by atoms with Gasteiger partial charge in [-0.05, 0) is 0 Å². The Bertz CT molecular complexity index is 208. The van der Waals surface area contributed by atoms with E-state index in [2.05, 4.69) is 18.1 Å². The SMILES string of the molecule is C[Si]1(C)C(Cl)=C[Se]/C1=C/Cl. The Morgan fingerprint density at radius 2 is 2.20 bits per heavy atom. The first-order chi connectivity index (χ1) is 4.59. The van der Waals surface area contributed by atoms with Crippen LogP contribution in [0.1, 0.15) is 0 Å². The van der Waals surface area contributed by atoms with Crippen molar-refractivity contribution in [1.82, 2.24) is 0 Å². The number of hydrogen-bond acceptors (Lipinski definition) is 0. The molecule has 1 rings (SSSR count). The number of halogens is 2. The van der Waals surface area contributed by atoms with E-state index >= 15 is 0 Å². The quantitative estimate of drug-likeness (QED) is 0.586. The van der Waals surface area contributed by atoms with Crippen molar-refractivity contribution in [2.75, 3.05) is 0 Å². The van der Waals surface area contributed by atoms with Gasteiger partial charge in [0.15, 0.2) is 0 Å². The summed E-state index contributed by atoms with van der Waals surface area (Å²) in [6, 6.07) is 0. The molecular weight excluding hydrogens is 250 g/mol. The Morgan fingerprint density at radius 1 is 1.60 bits per heavy atom. The average molecular weight is 258 g/mol. The van der Waals surface area contributed by atoms with E-state index in [9.17, 15) is 0 Å². The van der Waals surface area contributed by atoms with Gasteiger partial charge >= 0.3 is 78.6 Å². The number of hydrogen-bond donors (Lipinski definition) is 0. The van der Waals surface area contributed by atoms with E-state index in [1.807, 2.05) is 0 Å². The molecule has 0 aromatic rings. The molecule has 1 aliphatic heterocycles. The van der Waals surface area contributed by atoms with E-state index in [1.165, 1.54) is 4.09 Å². The van der Waals surface area contributed by atoms with E-state index < -0.39 is 8.07 Å². The molecule has 0 atom stereocenters. The average Bonchev–Trinajstić information content (AvgIpc) is 2.10. The second-order valence-corrected chi connectivity index (χ2v) is 10.7. The van der Waals surface area contributed by atoms with Gasteiger partial charge in [-0.1, -0.05) is 0 Å². The Balaban J connectivity index is 2.95. The summed E-state index contributed by atoms with van der Waals surface area (Å²) in [5, 5.41) is 0. The standard InChI is InChI=1S/C6H8Cl2SeSi/c1-10(2)5(8)4-9-6(10)3-7/h3-4H,1-2H3/b6-3-. The fraction of sp³-hybridized carbons (Fsp3) is 0.333. The monoisotopic (exact) mass is 258 g/mol. The molecule has 1 heterocycles. The van der Waals surface area contributed by atoms with Gasteiger partial charge in [-0.2, -0.15) is 0 Å². The fourth-order valence-electron chi connectivity index (χ4n) is 0.690. The van der Waals surface area contributed by atoms with Crippen molar-refractivity contribution in [3.63, 3.8) is 0 Å². The predicted molar refractivity (Wildman–Crippen MR) is 51.1 cm³/mol. The molecule has 0 spiro atoms. The zero-order chi connectivity index (χ0) is 7.78. The molecule has 0 aromatic carbocycles. The van der Waals surface area contributed by atoms with Gasteiger partial charge < -0.3 is 0 Å². The van der Waals surface area contributed by atoms with Gasteiger partial charge in [0.05, 0.1) is 0 Å². The fourth-order valence-corrected chi connectivity index (χ4v) is 9.40. The van der Waals surface area contributed by atoms with Gasteiger partial charge in [0.1, 0.15) is 0 Å². The third-order valence-corrected chi connectivity index (χ3v) is 12.6. The van der Waals surface area contributed by atoms with E-state index in [0.717, 1.165) is 4.66 Å². The summed E-state index contributed by atoms with van der Waals surface area (Å²) in [7, 11) is -1.39. The molecule has 0 unspecified atom stereocenters. The summed E-state index contributed by atoms with van der Waals surface area (Å²) in [6.07, 6.45) is 0. The molecule has 0 aromatic heterocycles. The summed E-state index contributed by atoms with van der Waals surface area (Å²) in [6.45, 7) is 4.46. The van der Waals surface area contributed by atoms with Crippen LogP contribution < -0.4 is 0 Å². The van der Waals surface area contributed by atoms with Crippen molar-refractivity contribution in [3.05, 3.63) is 19.3 Å². The maximum atomic E-state index is 6.02. The molecule has 0 radical (unpaired) electrons. The van der Waals surface area contributed by atoms with Crippen LogP contribution in [0.15, 0.2) is 19.3 Å². The van der Waals surface area contributed by atoms with Crippen molar-refractivity contribution in [3.8, 4) is 0 Å². The zero-order valence-corrected chi connectivity index (χ0v) is 10.0. The molecule has 1 aliphatic rings. The maximum absolute atomic E-state index is 6.02. The Kier molecular flexibility index (Phi) is 2.70. The van der Waals surface area contributed by atoms with Crippen molar-refractivity contribution < 1.29 is 0 Å². The normalized spacial score (nSPS) is 27.2. The zero-order valence-electron chi connectivity index (χ0n) is 5.82. The van der Waals surface area contributed by atoms with Crippen LogP contribution in [-0.4, -0.2) is 23.0 Å². The van der Waals surface area contributed by atoms with Crippen LogP contribution >= 0.6 is 23.2 Å². The van der Waals surface area contributed by atoms with Crippen molar-refractivity contribution in [2.24, 2.45) is 0 Å². The van der Waals surface area contributed by atoms with E-state index in [1.54, 1.807) is 5.54 Å². The topological polar surface area (TPSA) is 0 Å². The first kappa shape index (κ1) is 8.89. The molecule has 10 heavy (non-hydrogen) atoms. The van der Waals surface area contributed by atoms with Crippen molar-refractivity contribution >= 4 is 46.2 Å². The minimum absolute atomic E-state index is 0.439. The summed E-state index contributed by atoms with van der Waals surface area (Å²) in [5.74, 6) is 0. The van der Waals surface area contributed by atoms with Crippen LogP contribution in [0, 0.1) is 0 Å². The molecule has 0 saturated heterocycles. The minimum atomic E-state index is -1.39. The van der Waals surface area contributed by atoms with E-state index in [-0.39, 0.29) is 0 Å². The molecule has 0 aliphatic carbocycles. The van der Waals surface area contributed by atoms with E-state index in [0.29, 0.717) is 15.0 Å². The van der Waals surface area contributed by atoms with Crippen LogP contribution in [0.3, 0.4) is 0 Å². The van der Waals surface area contributed by atoms with E-state index in [4.69, 9.17) is 23.2 Å². The number of rotatable bonds is 0. The molecule has 56 valence electrons. The first-order valence-electron chi connectivity index (χ1n) is 2.92. The molecule has 0 amide bonds. The van der Waals surface area contributed by atoms with Gasteiger partial charge in [0, 0.05) is 0 Å². The molecule has 4 heteroatoms. The Hall–Kier alpha value is 0.796. The van der Waals surface area contributed by atoms with Gasteiger partial charge in [0.2, 0.25) is 0 Å². The van der Waals surface area contributed by atoms with Gasteiger partial charge in [-0.15, -0.1) is 0 Å². The third kappa shape index (κ3) is 1.36. The van der Waals surface area contributed by atoms with Crippen LogP contribution in [-0.2, 0) is 0 Å². The Labute approximate surface area is 78.4 Å². The molecular formula is C6H8Cl2SeSi. The summed E-state index contributed by atoms with van der Waals surface area (Å²) >= 11 is 12.1. The first-order valence-corrected chi connectivity index (χ1v) is 8.58. The predicted octanol–water partition coefficient (Wildman–Crippen LogP) is 2.65. The van der Waals surface area contributed by atoms with Crippen molar-refractivity contribution in [1.29, 1.82) is 0 Å². The molecule has 0 saturated carbocycles. The molecule has 0 nitrogen and oxygen atoms in total. The second kappa shape index (κ2) is 3.04. The van der Waals surface area contributed by atoms with Gasteiger partial charge in [-0.25, -0.2) is 0 Å². The van der Waals surface area contributed by atoms with Crippen LogP contribution in [0.2, 0.25) is 13.1 Å².